The van der Waals surface area contributed by atoms with E-state index in [1.54, 1.807) is 7.11 Å². The summed E-state index contributed by atoms with van der Waals surface area (Å²) < 4.78 is 5.15. The van der Waals surface area contributed by atoms with Crippen LogP contribution in [-0.4, -0.2) is 44.3 Å². The van der Waals surface area contributed by atoms with Gasteiger partial charge in [-0.1, -0.05) is 6.92 Å². The topological polar surface area (TPSA) is 38.5 Å². The minimum absolute atomic E-state index is 0.468. The number of fused-ring (bicyclic) bond motifs is 2. The number of nitrogens with two attached hydrogens (primary N) is 1. The van der Waals surface area contributed by atoms with Crippen LogP contribution in [0.25, 0.3) is 0 Å². The van der Waals surface area contributed by atoms with Gasteiger partial charge in [-0.25, -0.2) is 0 Å². The molecule has 0 heterocycles. The Morgan fingerprint density at radius 1 is 1.31 bits per heavy atom. The Labute approximate surface area is 99.3 Å². The molecule has 94 valence electrons. The van der Waals surface area contributed by atoms with Crippen molar-refractivity contribution >= 4 is 0 Å². The summed E-state index contributed by atoms with van der Waals surface area (Å²) in [5.74, 6) is 2.49. The fraction of sp³-hybridized carbons (Fsp3) is 1.00. The van der Waals surface area contributed by atoms with Gasteiger partial charge in [0.2, 0.25) is 0 Å². The summed E-state index contributed by atoms with van der Waals surface area (Å²) in [6, 6.07) is 0.468. The second kappa shape index (κ2) is 5.48. The fourth-order valence-electron chi connectivity index (χ4n) is 3.62. The second-order valence-corrected chi connectivity index (χ2v) is 5.46. The second-order valence-electron chi connectivity index (χ2n) is 5.46. The lowest BCUT2D eigenvalue weighted by atomic mass is 9.84. The van der Waals surface area contributed by atoms with Crippen LogP contribution in [0.15, 0.2) is 0 Å². The number of ether oxygens (including phenoxy) is 1. The van der Waals surface area contributed by atoms with Crippen molar-refractivity contribution in [1.82, 2.24) is 4.90 Å². The van der Waals surface area contributed by atoms with E-state index < -0.39 is 0 Å². The summed E-state index contributed by atoms with van der Waals surface area (Å²) in [6.45, 7) is 6.41. The fourth-order valence-corrected chi connectivity index (χ4v) is 3.62. The average molecular weight is 226 g/mol. The lowest BCUT2D eigenvalue weighted by Gasteiger charge is -2.32. The van der Waals surface area contributed by atoms with Crippen LogP contribution in [0.5, 0.6) is 0 Å². The number of nitrogens with zero attached hydrogens (tertiary/aromatic N) is 1. The summed E-state index contributed by atoms with van der Waals surface area (Å²) in [6.07, 6.45) is 4.20. The lowest BCUT2D eigenvalue weighted by Crippen LogP contribution is -2.43. The molecule has 4 atom stereocenters. The third-order valence-electron chi connectivity index (χ3n) is 4.69. The molecular formula is C13H26N2O. The molecule has 0 aliphatic heterocycles. The van der Waals surface area contributed by atoms with Crippen molar-refractivity contribution < 1.29 is 4.74 Å². The van der Waals surface area contributed by atoms with Crippen molar-refractivity contribution in [3.05, 3.63) is 0 Å². The predicted octanol–water partition coefficient (Wildman–Crippen LogP) is 1.33. The van der Waals surface area contributed by atoms with Gasteiger partial charge in [0.1, 0.15) is 0 Å². The van der Waals surface area contributed by atoms with E-state index in [2.05, 4.69) is 11.8 Å². The number of hydrogen-bond donors (Lipinski definition) is 1. The molecule has 0 saturated heterocycles. The van der Waals surface area contributed by atoms with Crippen LogP contribution in [-0.2, 0) is 4.74 Å². The highest BCUT2D eigenvalue weighted by molar-refractivity contribution is 4.99. The zero-order valence-corrected chi connectivity index (χ0v) is 10.7. The van der Waals surface area contributed by atoms with Gasteiger partial charge < -0.3 is 15.4 Å². The normalized spacial score (nSPS) is 37.5. The van der Waals surface area contributed by atoms with E-state index in [0.717, 1.165) is 37.5 Å². The zero-order chi connectivity index (χ0) is 11.5. The van der Waals surface area contributed by atoms with Gasteiger partial charge in [0.05, 0.1) is 6.61 Å². The summed E-state index contributed by atoms with van der Waals surface area (Å²) in [7, 11) is 1.77. The first-order valence-corrected chi connectivity index (χ1v) is 6.73. The van der Waals surface area contributed by atoms with E-state index >= 15 is 0 Å². The highest BCUT2D eigenvalue weighted by Gasteiger charge is 2.45. The highest BCUT2D eigenvalue weighted by Crippen LogP contribution is 2.47. The van der Waals surface area contributed by atoms with Crippen LogP contribution in [0.3, 0.4) is 0 Å². The number of rotatable bonds is 6. The van der Waals surface area contributed by atoms with Crippen LogP contribution < -0.4 is 5.73 Å². The lowest BCUT2D eigenvalue weighted by molar-refractivity contribution is 0.124. The van der Waals surface area contributed by atoms with Gasteiger partial charge in [-0.15, -0.1) is 0 Å². The molecule has 2 saturated carbocycles. The standard InChI is InChI=1S/C13H26N2O/c1-3-15(6-7-16-2)9-12-10-4-5-11(8-10)13(12)14/h10-13H,3-9,14H2,1-2H3. The summed E-state index contributed by atoms with van der Waals surface area (Å²) >= 11 is 0. The van der Waals surface area contributed by atoms with Crippen molar-refractivity contribution in [3.8, 4) is 0 Å². The number of likely N-dealkylation sites (N-methyl/N-ethyl adjacent to an activating group) is 1. The van der Waals surface area contributed by atoms with E-state index in [1.165, 1.54) is 25.8 Å². The molecule has 2 rings (SSSR count). The van der Waals surface area contributed by atoms with Crippen LogP contribution >= 0.6 is 0 Å². The predicted molar refractivity (Wildman–Crippen MR) is 66.3 cm³/mol. The number of hydrogen-bond acceptors (Lipinski definition) is 3. The van der Waals surface area contributed by atoms with Crippen LogP contribution in [0, 0.1) is 17.8 Å². The first-order valence-electron chi connectivity index (χ1n) is 6.73. The van der Waals surface area contributed by atoms with E-state index in [4.69, 9.17) is 10.5 Å². The van der Waals surface area contributed by atoms with Crippen molar-refractivity contribution in [2.24, 2.45) is 23.5 Å². The molecule has 3 heteroatoms. The van der Waals surface area contributed by atoms with Crippen molar-refractivity contribution in [2.75, 3.05) is 33.4 Å². The van der Waals surface area contributed by atoms with Crippen molar-refractivity contribution in [1.29, 1.82) is 0 Å². The monoisotopic (exact) mass is 226 g/mol. The molecule has 16 heavy (non-hydrogen) atoms. The molecule has 4 unspecified atom stereocenters. The molecule has 0 aromatic rings. The third-order valence-corrected chi connectivity index (χ3v) is 4.69. The van der Waals surface area contributed by atoms with Crippen LogP contribution in [0.4, 0.5) is 0 Å². The van der Waals surface area contributed by atoms with Crippen molar-refractivity contribution in [2.45, 2.75) is 32.2 Å². The van der Waals surface area contributed by atoms with E-state index in [-0.39, 0.29) is 0 Å². The molecule has 2 aliphatic carbocycles. The summed E-state index contributed by atoms with van der Waals surface area (Å²) in [5.41, 5.74) is 6.34. The molecule has 0 aromatic heterocycles. The van der Waals surface area contributed by atoms with Gasteiger partial charge in [0.25, 0.3) is 0 Å². The molecular weight excluding hydrogens is 200 g/mol. The van der Waals surface area contributed by atoms with Crippen LogP contribution in [0.2, 0.25) is 0 Å². The quantitative estimate of drug-likeness (QED) is 0.742. The van der Waals surface area contributed by atoms with E-state index in [0.29, 0.717) is 6.04 Å². The zero-order valence-electron chi connectivity index (χ0n) is 10.7. The Balaban J connectivity index is 1.83. The molecule has 2 fully saturated rings. The van der Waals surface area contributed by atoms with Gasteiger partial charge in [-0.3, -0.25) is 0 Å². The maximum absolute atomic E-state index is 6.34. The molecule has 0 aromatic carbocycles. The third kappa shape index (κ3) is 2.41. The summed E-state index contributed by atoms with van der Waals surface area (Å²) in [5, 5.41) is 0. The maximum atomic E-state index is 6.34. The van der Waals surface area contributed by atoms with Gasteiger partial charge >= 0.3 is 0 Å². The first kappa shape index (κ1) is 12.3. The van der Waals surface area contributed by atoms with Gasteiger partial charge in [0, 0.05) is 26.2 Å². The van der Waals surface area contributed by atoms with E-state index in [1.807, 2.05) is 0 Å². The Morgan fingerprint density at radius 3 is 2.62 bits per heavy atom. The highest BCUT2D eigenvalue weighted by atomic mass is 16.5. The molecule has 0 amide bonds. The molecule has 0 spiro atoms. The molecule has 2 bridgehead atoms. The molecule has 3 nitrogen and oxygen atoms in total. The van der Waals surface area contributed by atoms with Gasteiger partial charge in [0.15, 0.2) is 0 Å². The summed E-state index contributed by atoms with van der Waals surface area (Å²) in [4.78, 5) is 2.49. The Kier molecular flexibility index (Phi) is 4.22. The largest absolute Gasteiger partial charge is 0.383 e. The minimum atomic E-state index is 0.468. The smallest absolute Gasteiger partial charge is 0.0589 e. The minimum Gasteiger partial charge on any atom is -0.383 e. The SMILES string of the molecule is CCN(CCOC)CC1C2CCC(C2)C1N. The van der Waals surface area contributed by atoms with E-state index in [9.17, 15) is 0 Å². The Hall–Kier alpha value is -0.120. The Morgan fingerprint density at radius 2 is 2.06 bits per heavy atom. The van der Waals surface area contributed by atoms with Crippen molar-refractivity contribution in [3.63, 3.8) is 0 Å². The maximum Gasteiger partial charge on any atom is 0.0589 e. The molecule has 2 aliphatic rings. The van der Waals surface area contributed by atoms with Gasteiger partial charge in [-0.05, 0) is 43.6 Å². The molecule has 0 radical (unpaired) electrons. The van der Waals surface area contributed by atoms with Crippen LogP contribution in [0.1, 0.15) is 26.2 Å². The number of methoxy groups -OCH3 is 1. The average Bonchev–Trinajstić information content (AvgIpc) is 2.87. The Bertz CT molecular complexity index is 220. The van der Waals surface area contributed by atoms with Gasteiger partial charge in [-0.2, -0.15) is 0 Å². The first-order chi connectivity index (χ1) is 7.76. The molecule has 2 N–H and O–H groups in total.